The van der Waals surface area contributed by atoms with Crippen molar-refractivity contribution in [2.24, 2.45) is 5.73 Å². The summed E-state index contributed by atoms with van der Waals surface area (Å²) in [4.78, 5) is 11.3. The number of phenols is 2. The van der Waals surface area contributed by atoms with Gasteiger partial charge in [0.1, 0.15) is 17.5 Å². The maximum atomic E-state index is 11.3. The van der Waals surface area contributed by atoms with Crippen LogP contribution in [0.5, 0.6) is 11.5 Å². The second kappa shape index (κ2) is 5.37. The molecule has 1 rings (SSSR count). The Balaban J connectivity index is 2.72. The molecule has 5 nitrogen and oxygen atoms in total. The van der Waals surface area contributed by atoms with Gasteiger partial charge in [-0.05, 0) is 30.7 Å². The van der Waals surface area contributed by atoms with Crippen molar-refractivity contribution in [1.29, 1.82) is 0 Å². The van der Waals surface area contributed by atoms with Crippen molar-refractivity contribution in [2.45, 2.75) is 19.4 Å². The van der Waals surface area contributed by atoms with Crippen molar-refractivity contribution < 1.29 is 19.7 Å². The van der Waals surface area contributed by atoms with Gasteiger partial charge in [-0.25, -0.2) is 0 Å². The van der Waals surface area contributed by atoms with Crippen molar-refractivity contribution in [3.63, 3.8) is 0 Å². The van der Waals surface area contributed by atoms with Crippen LogP contribution < -0.4 is 5.73 Å². The molecule has 0 aliphatic heterocycles. The highest BCUT2D eigenvalue weighted by Gasteiger charge is 2.17. The molecule has 1 aromatic rings. The molecule has 0 radical (unpaired) electrons. The lowest BCUT2D eigenvalue weighted by Gasteiger charge is -2.11. The normalized spacial score (nSPS) is 12.1. The Hall–Kier alpha value is -1.75. The predicted molar refractivity (Wildman–Crippen MR) is 58.1 cm³/mol. The number of hydrogen-bond donors (Lipinski definition) is 3. The first kappa shape index (κ1) is 12.3. The zero-order valence-corrected chi connectivity index (χ0v) is 9.01. The second-order valence-corrected chi connectivity index (χ2v) is 3.38. The van der Waals surface area contributed by atoms with Crippen LogP contribution in [0.25, 0.3) is 0 Å². The van der Waals surface area contributed by atoms with E-state index in [-0.39, 0.29) is 24.5 Å². The van der Waals surface area contributed by atoms with E-state index >= 15 is 0 Å². The number of rotatable bonds is 4. The van der Waals surface area contributed by atoms with Gasteiger partial charge in [0.05, 0.1) is 6.61 Å². The number of aromatic hydroxyl groups is 2. The Bertz CT molecular complexity index is 378. The topological polar surface area (TPSA) is 92.8 Å². The zero-order chi connectivity index (χ0) is 12.1. The monoisotopic (exact) mass is 225 g/mol. The van der Waals surface area contributed by atoms with Crippen molar-refractivity contribution >= 4 is 5.97 Å². The number of benzene rings is 1. The third kappa shape index (κ3) is 3.13. The SMILES string of the molecule is CCOC(=O)C(N)Cc1cc(O)ccc1O. The van der Waals surface area contributed by atoms with E-state index in [4.69, 9.17) is 10.5 Å². The van der Waals surface area contributed by atoms with Crippen molar-refractivity contribution in [3.8, 4) is 11.5 Å². The van der Waals surface area contributed by atoms with Crippen molar-refractivity contribution in [2.75, 3.05) is 6.61 Å². The Morgan fingerprint density at radius 1 is 1.50 bits per heavy atom. The number of carbonyl (C=O) groups is 1. The molecular weight excluding hydrogens is 210 g/mol. The van der Waals surface area contributed by atoms with Gasteiger partial charge in [0.15, 0.2) is 0 Å². The van der Waals surface area contributed by atoms with E-state index in [9.17, 15) is 15.0 Å². The highest BCUT2D eigenvalue weighted by Crippen LogP contribution is 2.23. The lowest BCUT2D eigenvalue weighted by Crippen LogP contribution is -2.34. The van der Waals surface area contributed by atoms with E-state index < -0.39 is 12.0 Å². The molecule has 0 aliphatic carbocycles. The van der Waals surface area contributed by atoms with Gasteiger partial charge >= 0.3 is 5.97 Å². The molecule has 1 unspecified atom stereocenters. The number of carbonyl (C=O) groups excluding carboxylic acids is 1. The third-order valence-electron chi connectivity index (χ3n) is 2.09. The van der Waals surface area contributed by atoms with Gasteiger partial charge < -0.3 is 20.7 Å². The van der Waals surface area contributed by atoms with Gasteiger partial charge in [0.25, 0.3) is 0 Å². The molecule has 0 saturated heterocycles. The van der Waals surface area contributed by atoms with Gasteiger partial charge in [-0.2, -0.15) is 0 Å². The van der Waals surface area contributed by atoms with Crippen LogP contribution >= 0.6 is 0 Å². The molecule has 88 valence electrons. The summed E-state index contributed by atoms with van der Waals surface area (Å²) in [7, 11) is 0. The number of hydrogen-bond acceptors (Lipinski definition) is 5. The minimum Gasteiger partial charge on any atom is -0.508 e. The van der Waals surface area contributed by atoms with E-state index in [1.54, 1.807) is 6.92 Å². The van der Waals surface area contributed by atoms with E-state index in [0.29, 0.717) is 5.56 Å². The van der Waals surface area contributed by atoms with Gasteiger partial charge in [-0.3, -0.25) is 4.79 Å². The van der Waals surface area contributed by atoms with E-state index in [2.05, 4.69) is 0 Å². The minimum atomic E-state index is -0.840. The highest BCUT2D eigenvalue weighted by molar-refractivity contribution is 5.76. The summed E-state index contributed by atoms with van der Waals surface area (Å²) in [6.07, 6.45) is 0.124. The molecule has 0 spiro atoms. The standard InChI is InChI=1S/C11H15NO4/c1-2-16-11(15)9(12)6-7-5-8(13)3-4-10(7)14/h3-5,9,13-14H,2,6,12H2,1H3. The molecule has 0 saturated carbocycles. The van der Waals surface area contributed by atoms with E-state index in [1.165, 1.54) is 18.2 Å². The van der Waals surface area contributed by atoms with Crippen LogP contribution in [0.4, 0.5) is 0 Å². The van der Waals surface area contributed by atoms with Gasteiger partial charge in [0.2, 0.25) is 0 Å². The Morgan fingerprint density at radius 2 is 2.19 bits per heavy atom. The first-order chi connectivity index (χ1) is 7.54. The molecule has 5 heteroatoms. The first-order valence-corrected chi connectivity index (χ1v) is 4.97. The van der Waals surface area contributed by atoms with Crippen LogP contribution in [-0.4, -0.2) is 28.8 Å². The van der Waals surface area contributed by atoms with Crippen LogP contribution in [0, 0.1) is 0 Å². The number of esters is 1. The van der Waals surface area contributed by atoms with Crippen LogP contribution in [0.3, 0.4) is 0 Å². The highest BCUT2D eigenvalue weighted by atomic mass is 16.5. The fourth-order valence-electron chi connectivity index (χ4n) is 1.30. The summed E-state index contributed by atoms with van der Waals surface area (Å²) in [6, 6.07) is 3.23. The summed E-state index contributed by atoms with van der Waals surface area (Å²) in [5.74, 6) is -0.508. The maximum Gasteiger partial charge on any atom is 0.323 e. The number of nitrogens with two attached hydrogens (primary N) is 1. The first-order valence-electron chi connectivity index (χ1n) is 4.97. The molecule has 16 heavy (non-hydrogen) atoms. The maximum absolute atomic E-state index is 11.3. The average molecular weight is 225 g/mol. The Morgan fingerprint density at radius 3 is 2.81 bits per heavy atom. The smallest absolute Gasteiger partial charge is 0.323 e. The largest absolute Gasteiger partial charge is 0.508 e. The summed E-state index contributed by atoms with van der Waals surface area (Å²) < 4.78 is 4.74. The molecule has 0 aliphatic rings. The fourth-order valence-corrected chi connectivity index (χ4v) is 1.30. The molecule has 0 aromatic heterocycles. The molecule has 4 N–H and O–H groups in total. The van der Waals surface area contributed by atoms with Crippen LogP contribution in [-0.2, 0) is 16.0 Å². The summed E-state index contributed by atoms with van der Waals surface area (Å²) in [5.41, 5.74) is 6.00. The lowest BCUT2D eigenvalue weighted by atomic mass is 10.1. The molecule has 1 atom stereocenters. The summed E-state index contributed by atoms with van der Waals surface area (Å²) >= 11 is 0. The Kier molecular flexibility index (Phi) is 4.13. The molecule has 0 heterocycles. The summed E-state index contributed by atoms with van der Waals surface area (Å²) in [6.45, 7) is 1.95. The molecule has 1 aromatic carbocycles. The Labute approximate surface area is 93.5 Å². The molecular formula is C11H15NO4. The van der Waals surface area contributed by atoms with Gasteiger partial charge in [0, 0.05) is 6.42 Å². The molecule has 0 bridgehead atoms. The van der Waals surface area contributed by atoms with Crippen molar-refractivity contribution in [3.05, 3.63) is 23.8 Å². The van der Waals surface area contributed by atoms with Crippen LogP contribution in [0.15, 0.2) is 18.2 Å². The second-order valence-electron chi connectivity index (χ2n) is 3.38. The van der Waals surface area contributed by atoms with Crippen molar-refractivity contribution in [1.82, 2.24) is 0 Å². The lowest BCUT2D eigenvalue weighted by molar-refractivity contribution is -0.144. The quantitative estimate of drug-likeness (QED) is 0.513. The van der Waals surface area contributed by atoms with Crippen LogP contribution in [0.1, 0.15) is 12.5 Å². The van der Waals surface area contributed by atoms with E-state index in [0.717, 1.165) is 0 Å². The van der Waals surface area contributed by atoms with Gasteiger partial charge in [-0.1, -0.05) is 0 Å². The number of phenolic OH excluding ortho intramolecular Hbond substituents is 2. The molecule has 0 amide bonds. The van der Waals surface area contributed by atoms with Gasteiger partial charge in [-0.15, -0.1) is 0 Å². The summed E-state index contributed by atoms with van der Waals surface area (Å²) in [5, 5.41) is 18.7. The predicted octanol–water partition coefficient (Wildman–Crippen LogP) is 0.531. The van der Waals surface area contributed by atoms with Crippen LogP contribution in [0.2, 0.25) is 0 Å². The fraction of sp³-hybridized carbons (Fsp3) is 0.364. The van der Waals surface area contributed by atoms with E-state index in [1.807, 2.05) is 0 Å². The number of ether oxygens (including phenoxy) is 1. The average Bonchev–Trinajstić information content (AvgIpc) is 2.23. The minimum absolute atomic E-state index is 0.00227. The third-order valence-corrected chi connectivity index (χ3v) is 2.09. The molecule has 0 fully saturated rings. The zero-order valence-electron chi connectivity index (χ0n) is 9.01.